The molecule has 2 nitrogen and oxygen atoms in total. The summed E-state index contributed by atoms with van der Waals surface area (Å²) in [5, 5.41) is 0. The van der Waals surface area contributed by atoms with Crippen LogP contribution in [0.2, 0.25) is 0 Å². The topological polar surface area (TPSA) is 36.9 Å². The number of hydrogen-bond acceptors (Lipinski definition) is 1. The fraction of sp³-hybridized carbons (Fsp3) is 0.625. The number of rotatable bonds is 3. The van der Waals surface area contributed by atoms with Crippen molar-refractivity contribution in [2.75, 3.05) is 13.7 Å². The van der Waals surface area contributed by atoms with Gasteiger partial charge in [0.1, 0.15) is 5.75 Å². The van der Waals surface area contributed by atoms with E-state index in [0.717, 1.165) is 36.0 Å². The molecular formula is C16H24ClNO. The Kier molecular flexibility index (Phi) is 4.75. The predicted octanol–water partition coefficient (Wildman–Crippen LogP) is -0.539. The minimum absolute atomic E-state index is 0. The van der Waals surface area contributed by atoms with Crippen LogP contribution in [0, 0.1) is 17.8 Å². The standard InChI is InChI=1S/C16H23NO.ClH/c1-18-14-8-6-13(7-9-14)16-12-4-2-11(3-5-12)15(16)10-17;/h6-9,11-12,15-16H,2-5,10,17H2,1H3;1H/t11?,12?,15-,16-;/m1./s1. The van der Waals surface area contributed by atoms with Gasteiger partial charge in [0.25, 0.3) is 0 Å². The molecule has 19 heavy (non-hydrogen) atoms. The highest BCUT2D eigenvalue weighted by atomic mass is 35.5. The molecule has 3 aliphatic rings. The molecule has 0 heterocycles. The third-order valence-corrected chi connectivity index (χ3v) is 5.23. The molecule has 0 radical (unpaired) electrons. The van der Waals surface area contributed by atoms with E-state index in [1.54, 1.807) is 7.11 Å². The summed E-state index contributed by atoms with van der Waals surface area (Å²) in [5.41, 5.74) is 5.73. The summed E-state index contributed by atoms with van der Waals surface area (Å²) in [5.74, 6) is 4.35. The maximum atomic E-state index is 5.26. The van der Waals surface area contributed by atoms with Crippen LogP contribution in [0.25, 0.3) is 0 Å². The van der Waals surface area contributed by atoms with Gasteiger partial charge in [0.15, 0.2) is 0 Å². The normalized spacial score (nSPS) is 32.7. The third-order valence-electron chi connectivity index (χ3n) is 5.23. The lowest BCUT2D eigenvalue weighted by Gasteiger charge is -2.47. The molecule has 0 amide bonds. The van der Waals surface area contributed by atoms with Gasteiger partial charge in [-0.2, -0.15) is 0 Å². The Bertz CT molecular complexity index is 398. The van der Waals surface area contributed by atoms with E-state index >= 15 is 0 Å². The fourth-order valence-corrected chi connectivity index (χ4v) is 4.34. The van der Waals surface area contributed by atoms with Gasteiger partial charge in [-0.25, -0.2) is 0 Å². The highest BCUT2D eigenvalue weighted by Crippen LogP contribution is 2.52. The van der Waals surface area contributed by atoms with Gasteiger partial charge in [-0.1, -0.05) is 12.1 Å². The highest BCUT2D eigenvalue weighted by Gasteiger charge is 2.44. The van der Waals surface area contributed by atoms with Crippen LogP contribution in [-0.2, 0) is 0 Å². The number of quaternary nitrogens is 1. The second kappa shape index (κ2) is 6.15. The molecule has 2 bridgehead atoms. The van der Waals surface area contributed by atoms with E-state index in [2.05, 4.69) is 30.0 Å². The molecule has 3 saturated carbocycles. The summed E-state index contributed by atoms with van der Waals surface area (Å²) in [6.45, 7) is 1.10. The molecule has 4 rings (SSSR count). The molecule has 3 fully saturated rings. The monoisotopic (exact) mass is 281 g/mol. The Morgan fingerprint density at radius 2 is 1.63 bits per heavy atom. The second-order valence-electron chi connectivity index (χ2n) is 5.93. The minimum atomic E-state index is 0. The van der Waals surface area contributed by atoms with E-state index in [9.17, 15) is 0 Å². The van der Waals surface area contributed by atoms with Crippen molar-refractivity contribution in [2.45, 2.75) is 31.6 Å². The van der Waals surface area contributed by atoms with Crippen molar-refractivity contribution in [1.29, 1.82) is 0 Å². The Morgan fingerprint density at radius 3 is 2.16 bits per heavy atom. The van der Waals surface area contributed by atoms with Gasteiger partial charge < -0.3 is 22.9 Å². The molecule has 0 aromatic heterocycles. The first-order valence-corrected chi connectivity index (χ1v) is 7.26. The number of halogens is 1. The van der Waals surface area contributed by atoms with Crippen molar-refractivity contribution in [1.82, 2.24) is 0 Å². The Hall–Kier alpha value is -0.730. The van der Waals surface area contributed by atoms with Gasteiger partial charge in [-0.15, -0.1) is 0 Å². The molecule has 1 aromatic carbocycles. The van der Waals surface area contributed by atoms with Gasteiger partial charge in [0, 0.05) is 5.92 Å². The minimum Gasteiger partial charge on any atom is -1.00 e. The van der Waals surface area contributed by atoms with Crippen LogP contribution in [0.5, 0.6) is 5.75 Å². The molecule has 3 heteroatoms. The molecule has 0 unspecified atom stereocenters. The second-order valence-corrected chi connectivity index (χ2v) is 5.93. The summed E-state index contributed by atoms with van der Waals surface area (Å²) < 4.78 is 5.26. The molecule has 3 aliphatic carbocycles. The number of benzene rings is 1. The van der Waals surface area contributed by atoms with Crippen molar-refractivity contribution < 1.29 is 22.9 Å². The summed E-state index contributed by atoms with van der Waals surface area (Å²) in [6, 6.07) is 8.76. The Balaban J connectivity index is 0.00000133. The lowest BCUT2D eigenvalue weighted by molar-refractivity contribution is -0.387. The van der Waals surface area contributed by atoms with E-state index in [1.165, 1.54) is 31.2 Å². The van der Waals surface area contributed by atoms with Crippen LogP contribution in [0.3, 0.4) is 0 Å². The highest BCUT2D eigenvalue weighted by molar-refractivity contribution is 5.31. The quantitative estimate of drug-likeness (QED) is 0.794. The summed E-state index contributed by atoms with van der Waals surface area (Å²) in [7, 11) is 1.73. The Labute approximate surface area is 122 Å². The van der Waals surface area contributed by atoms with Gasteiger partial charge in [0.2, 0.25) is 0 Å². The smallest absolute Gasteiger partial charge is 0.118 e. The molecule has 0 saturated heterocycles. The summed E-state index contributed by atoms with van der Waals surface area (Å²) in [6.07, 6.45) is 5.74. The number of methoxy groups -OCH3 is 1. The van der Waals surface area contributed by atoms with E-state index in [0.29, 0.717) is 0 Å². The van der Waals surface area contributed by atoms with Crippen LogP contribution in [0.15, 0.2) is 24.3 Å². The van der Waals surface area contributed by atoms with E-state index in [-0.39, 0.29) is 12.4 Å². The van der Waals surface area contributed by atoms with Crippen molar-refractivity contribution in [3.8, 4) is 5.75 Å². The maximum Gasteiger partial charge on any atom is 0.118 e. The fourth-order valence-electron chi connectivity index (χ4n) is 4.34. The largest absolute Gasteiger partial charge is 1.00 e. The van der Waals surface area contributed by atoms with Crippen LogP contribution in [-0.4, -0.2) is 13.7 Å². The van der Waals surface area contributed by atoms with Crippen molar-refractivity contribution in [2.24, 2.45) is 17.8 Å². The van der Waals surface area contributed by atoms with Crippen molar-refractivity contribution >= 4 is 0 Å². The van der Waals surface area contributed by atoms with Crippen molar-refractivity contribution in [3.05, 3.63) is 29.8 Å². The zero-order chi connectivity index (χ0) is 12.5. The predicted molar refractivity (Wildman–Crippen MR) is 72.4 cm³/mol. The molecule has 0 spiro atoms. The first kappa shape index (κ1) is 14.7. The molecule has 106 valence electrons. The van der Waals surface area contributed by atoms with Crippen LogP contribution in [0.4, 0.5) is 0 Å². The average Bonchev–Trinajstić information content (AvgIpc) is 2.47. The number of fused-ring (bicyclic) bond motifs is 3. The number of ether oxygens (including phenoxy) is 1. The SMILES string of the molecule is COc1ccc([C@H]2C3CCC(CC3)[C@H]2C[NH3+])cc1.[Cl-]. The van der Waals surface area contributed by atoms with E-state index in [4.69, 9.17) is 4.74 Å². The zero-order valence-corrected chi connectivity index (χ0v) is 12.4. The van der Waals surface area contributed by atoms with Gasteiger partial charge in [-0.3, -0.25) is 0 Å². The van der Waals surface area contributed by atoms with Gasteiger partial charge in [0.05, 0.1) is 13.7 Å². The third kappa shape index (κ3) is 2.61. The molecular weight excluding hydrogens is 258 g/mol. The van der Waals surface area contributed by atoms with Crippen LogP contribution in [0.1, 0.15) is 37.2 Å². The van der Waals surface area contributed by atoms with Gasteiger partial charge >= 0.3 is 0 Å². The van der Waals surface area contributed by atoms with Crippen molar-refractivity contribution in [3.63, 3.8) is 0 Å². The lowest BCUT2D eigenvalue weighted by atomic mass is 9.57. The van der Waals surface area contributed by atoms with Crippen LogP contribution < -0.4 is 22.9 Å². The summed E-state index contributed by atoms with van der Waals surface area (Å²) >= 11 is 0. The summed E-state index contributed by atoms with van der Waals surface area (Å²) in [4.78, 5) is 0. The average molecular weight is 282 g/mol. The van der Waals surface area contributed by atoms with Crippen LogP contribution >= 0.6 is 0 Å². The molecule has 0 aliphatic heterocycles. The first-order valence-electron chi connectivity index (χ1n) is 7.26. The lowest BCUT2D eigenvalue weighted by Crippen LogP contribution is -3.00. The molecule has 1 aromatic rings. The van der Waals surface area contributed by atoms with E-state index in [1.807, 2.05) is 0 Å². The first-order chi connectivity index (χ1) is 8.83. The zero-order valence-electron chi connectivity index (χ0n) is 11.6. The number of hydrogen-bond donors (Lipinski definition) is 1. The van der Waals surface area contributed by atoms with E-state index < -0.39 is 0 Å². The van der Waals surface area contributed by atoms with Gasteiger partial charge in [-0.05, 0) is 61.1 Å². The molecule has 3 N–H and O–H groups in total. The molecule has 2 atom stereocenters. The Morgan fingerprint density at radius 1 is 1.05 bits per heavy atom. The maximum absolute atomic E-state index is 5.26.